The molecule has 0 unspecified atom stereocenters. The molecule has 3 rings (SSSR count). The molecule has 0 saturated carbocycles. The molecule has 0 atom stereocenters. The monoisotopic (exact) mass is 302 g/mol. The van der Waals surface area contributed by atoms with Crippen LogP contribution in [-0.4, -0.2) is 8.80 Å². The van der Waals surface area contributed by atoms with E-state index < -0.39 is 8.80 Å². The smallest absolute Gasteiger partial charge is 0.0629 e. The Morgan fingerprint density at radius 3 is 1.50 bits per heavy atom. The van der Waals surface area contributed by atoms with Crippen LogP contribution in [0.4, 0.5) is 0 Å². The van der Waals surface area contributed by atoms with Crippen molar-refractivity contribution < 1.29 is 0 Å². The molecular formula is C21H22Si. The van der Waals surface area contributed by atoms with Gasteiger partial charge in [0.25, 0.3) is 0 Å². The van der Waals surface area contributed by atoms with Gasteiger partial charge in [0.1, 0.15) is 8.80 Å². The van der Waals surface area contributed by atoms with E-state index in [9.17, 15) is 0 Å². The zero-order valence-corrected chi connectivity index (χ0v) is 14.0. The Morgan fingerprint density at radius 1 is 0.545 bits per heavy atom. The van der Waals surface area contributed by atoms with Crippen molar-refractivity contribution in [1.82, 2.24) is 0 Å². The van der Waals surface area contributed by atoms with Gasteiger partial charge in [0.05, 0.1) is 0 Å². The van der Waals surface area contributed by atoms with E-state index in [2.05, 4.69) is 91.0 Å². The lowest BCUT2D eigenvalue weighted by atomic mass is 10.1. The summed E-state index contributed by atoms with van der Waals surface area (Å²) in [5.41, 5.74) is 1.45. The minimum atomic E-state index is -1.09. The van der Waals surface area contributed by atoms with E-state index in [0.717, 1.165) is 0 Å². The normalized spacial score (nSPS) is 10.8. The van der Waals surface area contributed by atoms with E-state index in [1.807, 2.05) is 0 Å². The lowest BCUT2D eigenvalue weighted by molar-refractivity contribution is 0.913. The predicted molar refractivity (Wildman–Crippen MR) is 98.9 cm³/mol. The van der Waals surface area contributed by atoms with Gasteiger partial charge in [-0.05, 0) is 12.0 Å². The Labute approximate surface area is 135 Å². The van der Waals surface area contributed by atoms with Crippen molar-refractivity contribution in [2.45, 2.75) is 18.9 Å². The Kier molecular flexibility index (Phi) is 5.22. The average molecular weight is 302 g/mol. The van der Waals surface area contributed by atoms with Crippen molar-refractivity contribution in [3.05, 3.63) is 96.6 Å². The Bertz CT molecular complexity index is 623. The van der Waals surface area contributed by atoms with Crippen LogP contribution in [0.3, 0.4) is 0 Å². The van der Waals surface area contributed by atoms with Gasteiger partial charge in [0.2, 0.25) is 0 Å². The molecule has 0 amide bonds. The third-order valence-corrected chi connectivity index (χ3v) is 7.57. The third-order valence-electron chi connectivity index (χ3n) is 4.20. The van der Waals surface area contributed by atoms with Crippen LogP contribution in [0.2, 0.25) is 6.04 Å². The first-order valence-corrected chi connectivity index (χ1v) is 10.0. The summed E-state index contributed by atoms with van der Waals surface area (Å²) in [6, 6.07) is 34.3. The van der Waals surface area contributed by atoms with Crippen molar-refractivity contribution in [1.29, 1.82) is 0 Å². The second-order valence-electron chi connectivity index (χ2n) is 5.75. The fourth-order valence-electron chi connectivity index (χ4n) is 3.05. The summed E-state index contributed by atoms with van der Waals surface area (Å²) in [5, 5.41) is 3.11. The second kappa shape index (κ2) is 7.76. The zero-order valence-electron chi connectivity index (χ0n) is 12.9. The number of hydrogen-bond acceptors (Lipinski definition) is 0. The molecule has 0 radical (unpaired) electrons. The molecule has 0 aliphatic heterocycles. The molecule has 1 heteroatoms. The summed E-state index contributed by atoms with van der Waals surface area (Å²) < 4.78 is 0. The minimum Gasteiger partial charge on any atom is -0.0629 e. The molecule has 0 aliphatic rings. The van der Waals surface area contributed by atoms with Crippen molar-refractivity contribution >= 4 is 19.2 Å². The summed E-state index contributed by atoms with van der Waals surface area (Å²) in [4.78, 5) is 0. The molecule has 3 aromatic carbocycles. The van der Waals surface area contributed by atoms with Gasteiger partial charge < -0.3 is 0 Å². The fourth-order valence-corrected chi connectivity index (χ4v) is 6.09. The van der Waals surface area contributed by atoms with Gasteiger partial charge in [-0.2, -0.15) is 0 Å². The quantitative estimate of drug-likeness (QED) is 0.610. The van der Waals surface area contributed by atoms with Gasteiger partial charge in [0.15, 0.2) is 0 Å². The van der Waals surface area contributed by atoms with Crippen LogP contribution in [0.5, 0.6) is 0 Å². The fraction of sp³-hybridized carbons (Fsp3) is 0.143. The van der Waals surface area contributed by atoms with Crippen LogP contribution in [0.1, 0.15) is 12.0 Å². The van der Waals surface area contributed by atoms with Gasteiger partial charge in [-0.3, -0.25) is 0 Å². The largest absolute Gasteiger partial charge is 0.103 e. The third kappa shape index (κ3) is 3.96. The van der Waals surface area contributed by atoms with Crippen molar-refractivity contribution in [2.75, 3.05) is 0 Å². The first kappa shape index (κ1) is 14.8. The van der Waals surface area contributed by atoms with Crippen LogP contribution in [0, 0.1) is 0 Å². The van der Waals surface area contributed by atoms with Gasteiger partial charge in [-0.15, -0.1) is 0 Å². The van der Waals surface area contributed by atoms with E-state index in [-0.39, 0.29) is 0 Å². The van der Waals surface area contributed by atoms with E-state index in [1.54, 1.807) is 10.4 Å². The lowest BCUT2D eigenvalue weighted by Gasteiger charge is -2.16. The molecule has 0 aliphatic carbocycles. The summed E-state index contributed by atoms with van der Waals surface area (Å²) in [6.07, 6.45) is 2.45. The van der Waals surface area contributed by atoms with Gasteiger partial charge >= 0.3 is 0 Å². The van der Waals surface area contributed by atoms with Crippen LogP contribution < -0.4 is 10.4 Å². The average Bonchev–Trinajstić information content (AvgIpc) is 2.61. The summed E-state index contributed by atoms with van der Waals surface area (Å²) >= 11 is 0. The Morgan fingerprint density at radius 2 is 1.00 bits per heavy atom. The standard InChI is InChI=1S/C21H22Si/c1-4-11-19(12-5-1)13-10-18-22(20-14-6-2-7-15-20)21-16-8-3-9-17-21/h1-9,11-12,14-17,22H,10,13,18H2. The maximum atomic E-state index is 2.31. The minimum absolute atomic E-state index is 1.09. The molecule has 0 bridgehead atoms. The maximum Gasteiger partial charge on any atom is 0.103 e. The van der Waals surface area contributed by atoms with E-state index in [1.165, 1.54) is 24.4 Å². The summed E-state index contributed by atoms with van der Waals surface area (Å²) in [7, 11) is -1.09. The highest BCUT2D eigenvalue weighted by Crippen LogP contribution is 2.08. The lowest BCUT2D eigenvalue weighted by Crippen LogP contribution is -2.41. The highest BCUT2D eigenvalue weighted by atomic mass is 28.3. The number of rotatable bonds is 6. The predicted octanol–water partition coefficient (Wildman–Crippen LogP) is 3.66. The molecule has 22 heavy (non-hydrogen) atoms. The molecule has 0 nitrogen and oxygen atoms in total. The van der Waals surface area contributed by atoms with Gasteiger partial charge in [-0.25, -0.2) is 0 Å². The van der Waals surface area contributed by atoms with E-state index in [4.69, 9.17) is 0 Å². The van der Waals surface area contributed by atoms with E-state index in [0.29, 0.717) is 0 Å². The van der Waals surface area contributed by atoms with Crippen molar-refractivity contribution in [2.24, 2.45) is 0 Å². The SMILES string of the molecule is c1ccc(CCC[SiH](c2ccccc2)c2ccccc2)cc1. The second-order valence-corrected chi connectivity index (χ2v) is 8.77. The number of hydrogen-bond donors (Lipinski definition) is 0. The summed E-state index contributed by atoms with van der Waals surface area (Å²) in [6.45, 7) is 0. The molecular weight excluding hydrogens is 280 g/mol. The molecule has 3 aromatic rings. The highest BCUT2D eigenvalue weighted by Gasteiger charge is 2.15. The van der Waals surface area contributed by atoms with Gasteiger partial charge in [-0.1, -0.05) is 114 Å². The van der Waals surface area contributed by atoms with Crippen LogP contribution in [0.15, 0.2) is 91.0 Å². The zero-order chi connectivity index (χ0) is 15.0. The first-order valence-electron chi connectivity index (χ1n) is 8.07. The Hall–Kier alpha value is -2.12. The van der Waals surface area contributed by atoms with Crippen molar-refractivity contribution in [3.8, 4) is 0 Å². The van der Waals surface area contributed by atoms with Crippen molar-refractivity contribution in [3.63, 3.8) is 0 Å². The molecule has 0 fully saturated rings. The number of benzene rings is 3. The first-order chi connectivity index (χ1) is 10.9. The molecule has 0 heterocycles. The van der Waals surface area contributed by atoms with Crippen LogP contribution >= 0.6 is 0 Å². The van der Waals surface area contributed by atoms with E-state index >= 15 is 0 Å². The Balaban J connectivity index is 1.72. The van der Waals surface area contributed by atoms with Gasteiger partial charge in [0, 0.05) is 0 Å². The summed E-state index contributed by atoms with van der Waals surface area (Å²) in [5.74, 6) is 0. The van der Waals surface area contributed by atoms with Crippen LogP contribution in [0.25, 0.3) is 0 Å². The number of aryl methyl sites for hydroxylation is 1. The highest BCUT2D eigenvalue weighted by molar-refractivity contribution is 6.85. The molecule has 110 valence electrons. The molecule has 0 N–H and O–H groups in total. The van der Waals surface area contributed by atoms with Crippen LogP contribution in [-0.2, 0) is 6.42 Å². The maximum absolute atomic E-state index is 2.31. The molecule has 0 aromatic heterocycles. The molecule has 0 spiro atoms. The molecule has 0 saturated heterocycles. The topological polar surface area (TPSA) is 0 Å².